The molecule has 4 heteroatoms. The lowest BCUT2D eigenvalue weighted by atomic mass is 10.1. The first-order valence-corrected chi connectivity index (χ1v) is 7.84. The first-order chi connectivity index (χ1) is 9.02. The SMILES string of the molecule is CCc1ccsc1C(=O)Nc1c(C)cc(C)cc1Br. The van der Waals surface area contributed by atoms with Gasteiger partial charge in [0.25, 0.3) is 5.91 Å². The van der Waals surface area contributed by atoms with E-state index < -0.39 is 0 Å². The molecule has 1 heterocycles. The maximum Gasteiger partial charge on any atom is 0.266 e. The zero-order chi connectivity index (χ0) is 14.0. The van der Waals surface area contributed by atoms with Crippen LogP contribution in [0.25, 0.3) is 0 Å². The second-order valence-corrected chi connectivity index (χ2v) is 6.29. The highest BCUT2D eigenvalue weighted by Gasteiger charge is 2.14. The van der Waals surface area contributed by atoms with Crippen molar-refractivity contribution in [2.45, 2.75) is 27.2 Å². The van der Waals surface area contributed by atoms with E-state index in [4.69, 9.17) is 0 Å². The Labute approximate surface area is 126 Å². The van der Waals surface area contributed by atoms with Gasteiger partial charge < -0.3 is 5.32 Å². The second kappa shape index (κ2) is 5.88. The minimum atomic E-state index is -0.0282. The number of halogens is 1. The average Bonchev–Trinajstić information content (AvgIpc) is 2.81. The summed E-state index contributed by atoms with van der Waals surface area (Å²) in [6.45, 7) is 6.10. The van der Waals surface area contributed by atoms with Crippen LogP contribution in [-0.4, -0.2) is 5.91 Å². The molecule has 19 heavy (non-hydrogen) atoms. The topological polar surface area (TPSA) is 29.1 Å². The first-order valence-electron chi connectivity index (χ1n) is 6.17. The Hall–Kier alpha value is -1.13. The molecule has 1 aromatic heterocycles. The van der Waals surface area contributed by atoms with Gasteiger partial charge in [0, 0.05) is 4.47 Å². The second-order valence-electron chi connectivity index (χ2n) is 4.52. The van der Waals surface area contributed by atoms with Crippen molar-refractivity contribution >= 4 is 38.9 Å². The summed E-state index contributed by atoms with van der Waals surface area (Å²) in [7, 11) is 0. The third-order valence-corrected chi connectivity index (χ3v) is 4.59. The van der Waals surface area contributed by atoms with Crippen molar-refractivity contribution < 1.29 is 4.79 Å². The molecule has 1 amide bonds. The third-order valence-electron chi connectivity index (χ3n) is 3.00. The van der Waals surface area contributed by atoms with Crippen molar-refractivity contribution in [2.24, 2.45) is 0 Å². The Morgan fingerprint density at radius 3 is 2.74 bits per heavy atom. The fourth-order valence-electron chi connectivity index (χ4n) is 2.06. The van der Waals surface area contributed by atoms with Gasteiger partial charge in [-0.3, -0.25) is 4.79 Å². The van der Waals surface area contributed by atoms with Crippen molar-refractivity contribution in [3.8, 4) is 0 Å². The molecule has 0 aliphatic heterocycles. The normalized spacial score (nSPS) is 10.5. The standard InChI is InChI=1S/C15H16BrNOS/c1-4-11-5-6-19-14(11)15(18)17-13-10(3)7-9(2)8-12(13)16/h5-8H,4H2,1-3H3,(H,17,18). The van der Waals surface area contributed by atoms with E-state index in [1.54, 1.807) is 0 Å². The van der Waals surface area contributed by atoms with Crippen LogP contribution >= 0.6 is 27.3 Å². The van der Waals surface area contributed by atoms with Crippen LogP contribution in [0, 0.1) is 13.8 Å². The highest BCUT2D eigenvalue weighted by Crippen LogP contribution is 2.29. The molecular weight excluding hydrogens is 322 g/mol. The van der Waals surface area contributed by atoms with E-state index in [9.17, 15) is 4.79 Å². The number of hydrogen-bond acceptors (Lipinski definition) is 2. The summed E-state index contributed by atoms with van der Waals surface area (Å²) in [4.78, 5) is 13.1. The number of anilines is 1. The Kier molecular flexibility index (Phi) is 4.42. The van der Waals surface area contributed by atoms with E-state index in [-0.39, 0.29) is 5.91 Å². The number of carbonyl (C=O) groups excluding carboxylic acids is 1. The van der Waals surface area contributed by atoms with Gasteiger partial charge in [0.15, 0.2) is 0 Å². The predicted molar refractivity (Wildman–Crippen MR) is 85.3 cm³/mol. The van der Waals surface area contributed by atoms with E-state index in [1.807, 2.05) is 31.4 Å². The molecule has 100 valence electrons. The molecule has 0 fully saturated rings. The Morgan fingerprint density at radius 1 is 1.37 bits per heavy atom. The maximum absolute atomic E-state index is 12.3. The third kappa shape index (κ3) is 3.07. The van der Waals surface area contributed by atoms with Crippen molar-refractivity contribution in [1.29, 1.82) is 0 Å². The fraction of sp³-hybridized carbons (Fsp3) is 0.267. The molecule has 0 saturated heterocycles. The molecule has 1 N–H and O–H groups in total. The molecule has 0 radical (unpaired) electrons. The monoisotopic (exact) mass is 337 g/mol. The van der Waals surface area contributed by atoms with Crippen molar-refractivity contribution in [3.05, 3.63) is 49.6 Å². The zero-order valence-electron chi connectivity index (χ0n) is 11.2. The summed E-state index contributed by atoms with van der Waals surface area (Å²) in [6, 6.07) is 6.09. The van der Waals surface area contributed by atoms with Crippen LogP contribution < -0.4 is 5.32 Å². The molecular formula is C15H16BrNOS. The summed E-state index contributed by atoms with van der Waals surface area (Å²) < 4.78 is 0.924. The molecule has 0 atom stereocenters. The molecule has 0 unspecified atom stereocenters. The van der Waals surface area contributed by atoms with Crippen LogP contribution in [0.15, 0.2) is 28.1 Å². The van der Waals surface area contributed by atoms with Crippen molar-refractivity contribution in [2.75, 3.05) is 5.32 Å². The van der Waals surface area contributed by atoms with Crippen LogP contribution in [0.5, 0.6) is 0 Å². The number of amides is 1. The number of aryl methyl sites for hydroxylation is 3. The molecule has 0 saturated carbocycles. The lowest BCUT2D eigenvalue weighted by Crippen LogP contribution is -2.13. The smallest absolute Gasteiger partial charge is 0.266 e. The van der Waals surface area contributed by atoms with E-state index in [2.05, 4.69) is 34.2 Å². The lowest BCUT2D eigenvalue weighted by molar-refractivity contribution is 0.102. The molecule has 2 rings (SSSR count). The summed E-state index contributed by atoms with van der Waals surface area (Å²) in [6.07, 6.45) is 0.875. The van der Waals surface area contributed by atoms with Gasteiger partial charge in [-0.15, -0.1) is 11.3 Å². The molecule has 1 aromatic carbocycles. The molecule has 0 aliphatic carbocycles. The van der Waals surface area contributed by atoms with Crippen LogP contribution in [0.1, 0.15) is 33.3 Å². The van der Waals surface area contributed by atoms with Gasteiger partial charge in [0.1, 0.15) is 0 Å². The Balaban J connectivity index is 2.29. The van der Waals surface area contributed by atoms with Gasteiger partial charge in [-0.25, -0.2) is 0 Å². The van der Waals surface area contributed by atoms with Gasteiger partial charge >= 0.3 is 0 Å². The highest BCUT2D eigenvalue weighted by molar-refractivity contribution is 9.10. The minimum absolute atomic E-state index is 0.0282. The number of nitrogens with one attached hydrogen (secondary N) is 1. The zero-order valence-corrected chi connectivity index (χ0v) is 13.6. The van der Waals surface area contributed by atoms with E-state index >= 15 is 0 Å². The van der Waals surface area contributed by atoms with Gasteiger partial charge in [-0.2, -0.15) is 0 Å². The van der Waals surface area contributed by atoms with Gasteiger partial charge in [0.05, 0.1) is 10.6 Å². The fourth-order valence-corrected chi connectivity index (χ4v) is 3.72. The van der Waals surface area contributed by atoms with Crippen LogP contribution in [0.4, 0.5) is 5.69 Å². The van der Waals surface area contributed by atoms with Gasteiger partial charge in [0.2, 0.25) is 0 Å². The first kappa shape index (κ1) is 14.3. The van der Waals surface area contributed by atoms with E-state index in [1.165, 1.54) is 16.9 Å². The summed E-state index contributed by atoms with van der Waals surface area (Å²) in [5.74, 6) is -0.0282. The minimum Gasteiger partial charge on any atom is -0.320 e. The van der Waals surface area contributed by atoms with E-state index in [0.717, 1.165) is 32.6 Å². The lowest BCUT2D eigenvalue weighted by Gasteiger charge is -2.11. The molecule has 0 spiro atoms. The summed E-state index contributed by atoms with van der Waals surface area (Å²) in [5.41, 5.74) is 4.19. The number of thiophene rings is 1. The quantitative estimate of drug-likeness (QED) is 0.844. The summed E-state index contributed by atoms with van der Waals surface area (Å²) >= 11 is 5.00. The van der Waals surface area contributed by atoms with Crippen molar-refractivity contribution in [1.82, 2.24) is 0 Å². The van der Waals surface area contributed by atoms with Crippen molar-refractivity contribution in [3.63, 3.8) is 0 Å². The van der Waals surface area contributed by atoms with Gasteiger partial charge in [-0.05, 0) is 70.4 Å². The Bertz CT molecular complexity index is 595. The highest BCUT2D eigenvalue weighted by atomic mass is 79.9. The number of rotatable bonds is 3. The maximum atomic E-state index is 12.3. The molecule has 2 aromatic rings. The van der Waals surface area contributed by atoms with Gasteiger partial charge in [-0.1, -0.05) is 13.0 Å². The summed E-state index contributed by atoms with van der Waals surface area (Å²) in [5, 5.41) is 4.97. The number of benzene rings is 1. The largest absolute Gasteiger partial charge is 0.320 e. The molecule has 0 aliphatic rings. The number of hydrogen-bond donors (Lipinski definition) is 1. The molecule has 0 bridgehead atoms. The van der Waals surface area contributed by atoms with E-state index in [0.29, 0.717) is 0 Å². The molecule has 2 nitrogen and oxygen atoms in total. The average molecular weight is 338 g/mol. The Morgan fingerprint density at radius 2 is 2.11 bits per heavy atom. The van der Waals surface area contributed by atoms with Crippen LogP contribution in [0.2, 0.25) is 0 Å². The van der Waals surface area contributed by atoms with Crippen LogP contribution in [0.3, 0.4) is 0 Å². The van der Waals surface area contributed by atoms with Crippen LogP contribution in [-0.2, 0) is 6.42 Å². The predicted octanol–water partition coefficient (Wildman–Crippen LogP) is 4.94. The number of carbonyl (C=O) groups is 1.